The second-order valence-corrected chi connectivity index (χ2v) is 15.8. The number of anilines is 1. The maximum Gasteiger partial charge on any atom is 0.273 e. The molecule has 50 heavy (non-hydrogen) atoms. The molecule has 1 atom stereocenters. The van der Waals surface area contributed by atoms with Gasteiger partial charge in [0.25, 0.3) is 15.7 Å². The number of nitrogens with one attached hydrogen (secondary N) is 1. The first kappa shape index (κ1) is 38.3. The number of halogens is 2. The molecule has 11 nitrogen and oxygen atoms in total. The van der Waals surface area contributed by atoms with Gasteiger partial charge >= 0.3 is 0 Å². The molecular weight excluding hydrogens is 748 g/mol. The SMILES string of the molecule is COc1ccc(Cl)cc1N(CC(=O)N(Cc1ccc(Br)cc1)C(Cc1ccccc1)C(=O)NC(C)(C)C)S(=O)(=O)c1ccc(C)c([N+](=O)[O-])c1. The average Bonchev–Trinajstić information content (AvgIpc) is 3.05. The number of benzene rings is 4. The second-order valence-electron chi connectivity index (χ2n) is 12.6. The van der Waals surface area contributed by atoms with E-state index in [1.54, 1.807) is 24.3 Å². The zero-order chi connectivity index (χ0) is 36.8. The number of sulfonamides is 1. The van der Waals surface area contributed by atoms with Crippen LogP contribution in [0.1, 0.15) is 37.5 Å². The summed E-state index contributed by atoms with van der Waals surface area (Å²) in [6.07, 6.45) is 0.127. The third-order valence-corrected chi connectivity index (χ3v) is 10.2. The molecule has 0 bridgehead atoms. The third-order valence-electron chi connectivity index (χ3n) is 7.69. The largest absolute Gasteiger partial charge is 0.495 e. The molecule has 0 aliphatic rings. The summed E-state index contributed by atoms with van der Waals surface area (Å²) in [5.41, 5.74) is 0.594. The first-order valence-electron chi connectivity index (χ1n) is 15.5. The number of carbonyl (C=O) groups excluding carboxylic acids is 2. The van der Waals surface area contributed by atoms with Crippen LogP contribution in [0, 0.1) is 17.0 Å². The Hall–Kier alpha value is -4.46. The van der Waals surface area contributed by atoms with E-state index in [1.165, 1.54) is 49.3 Å². The van der Waals surface area contributed by atoms with Gasteiger partial charge in [-0.2, -0.15) is 0 Å². The number of nitrogens with zero attached hydrogens (tertiary/aromatic N) is 3. The van der Waals surface area contributed by atoms with Crippen LogP contribution in [0.3, 0.4) is 0 Å². The summed E-state index contributed by atoms with van der Waals surface area (Å²) in [4.78, 5) is 40.9. The van der Waals surface area contributed by atoms with Crippen LogP contribution in [0.15, 0.2) is 100 Å². The Balaban J connectivity index is 1.90. The Kier molecular flexibility index (Phi) is 12.3. The van der Waals surface area contributed by atoms with Crippen molar-refractivity contribution in [1.29, 1.82) is 0 Å². The van der Waals surface area contributed by atoms with Gasteiger partial charge in [0.2, 0.25) is 11.8 Å². The fourth-order valence-electron chi connectivity index (χ4n) is 5.24. The van der Waals surface area contributed by atoms with Crippen molar-refractivity contribution in [3.05, 3.63) is 127 Å². The first-order chi connectivity index (χ1) is 23.5. The number of methoxy groups -OCH3 is 1. The summed E-state index contributed by atoms with van der Waals surface area (Å²) in [5.74, 6) is -1.07. The number of ether oxygens (including phenoxy) is 1. The fraction of sp³-hybridized carbons (Fsp3) is 0.278. The summed E-state index contributed by atoms with van der Waals surface area (Å²) >= 11 is 9.77. The van der Waals surface area contributed by atoms with E-state index in [2.05, 4.69) is 21.2 Å². The third kappa shape index (κ3) is 9.61. The quantitative estimate of drug-likeness (QED) is 0.113. The van der Waals surface area contributed by atoms with E-state index in [-0.39, 0.29) is 35.0 Å². The van der Waals surface area contributed by atoms with Crippen molar-refractivity contribution in [2.24, 2.45) is 0 Å². The first-order valence-corrected chi connectivity index (χ1v) is 18.1. The lowest BCUT2D eigenvalue weighted by Crippen LogP contribution is -2.56. The highest BCUT2D eigenvalue weighted by molar-refractivity contribution is 9.10. The average molecular weight is 786 g/mol. The maximum atomic E-state index is 14.7. The van der Waals surface area contributed by atoms with Crippen LogP contribution in [-0.2, 0) is 32.6 Å². The van der Waals surface area contributed by atoms with Gasteiger partial charge in [0.05, 0.1) is 22.6 Å². The number of hydrogen-bond donors (Lipinski definition) is 1. The Labute approximate surface area is 305 Å². The molecule has 2 amide bonds. The minimum absolute atomic E-state index is 0.0439. The number of carbonyl (C=O) groups is 2. The van der Waals surface area contributed by atoms with Gasteiger partial charge in [-0.25, -0.2) is 8.42 Å². The summed E-state index contributed by atoms with van der Waals surface area (Å²) in [5, 5.41) is 14.9. The van der Waals surface area contributed by atoms with E-state index >= 15 is 0 Å². The second kappa shape index (κ2) is 16.0. The van der Waals surface area contributed by atoms with Crippen LogP contribution >= 0.6 is 27.5 Å². The van der Waals surface area contributed by atoms with Gasteiger partial charge in [-0.1, -0.05) is 76.1 Å². The molecule has 0 saturated heterocycles. The zero-order valence-electron chi connectivity index (χ0n) is 28.2. The van der Waals surface area contributed by atoms with Crippen molar-refractivity contribution >= 4 is 60.7 Å². The zero-order valence-corrected chi connectivity index (χ0v) is 31.4. The van der Waals surface area contributed by atoms with Crippen molar-refractivity contribution in [2.75, 3.05) is 18.0 Å². The van der Waals surface area contributed by atoms with Crippen molar-refractivity contribution < 1.29 is 27.7 Å². The fourth-order valence-corrected chi connectivity index (χ4v) is 7.11. The van der Waals surface area contributed by atoms with Crippen molar-refractivity contribution in [3.63, 3.8) is 0 Å². The molecule has 1 unspecified atom stereocenters. The van der Waals surface area contributed by atoms with Crippen LogP contribution in [0.4, 0.5) is 11.4 Å². The van der Waals surface area contributed by atoms with E-state index in [0.29, 0.717) is 5.56 Å². The number of rotatable bonds is 13. The molecule has 0 saturated carbocycles. The minimum Gasteiger partial charge on any atom is -0.495 e. The van der Waals surface area contributed by atoms with E-state index < -0.39 is 55.5 Å². The summed E-state index contributed by atoms with van der Waals surface area (Å²) < 4.78 is 36.1. The smallest absolute Gasteiger partial charge is 0.273 e. The van der Waals surface area contributed by atoms with Gasteiger partial charge in [-0.05, 0) is 75.2 Å². The molecule has 0 radical (unpaired) electrons. The van der Waals surface area contributed by atoms with Crippen molar-refractivity contribution in [3.8, 4) is 5.75 Å². The Bertz CT molecular complexity index is 1970. The molecule has 0 aliphatic heterocycles. The number of hydrogen-bond acceptors (Lipinski definition) is 7. The maximum absolute atomic E-state index is 14.7. The predicted octanol–water partition coefficient (Wildman–Crippen LogP) is 7.08. The van der Waals surface area contributed by atoms with Gasteiger partial charge in [-0.15, -0.1) is 0 Å². The molecular formula is C36H38BrClN4O7S. The molecule has 4 aromatic rings. The molecule has 0 aromatic heterocycles. The van der Waals surface area contributed by atoms with Crippen LogP contribution in [0.5, 0.6) is 5.75 Å². The molecule has 14 heteroatoms. The Morgan fingerprint density at radius 1 is 0.980 bits per heavy atom. The van der Waals surface area contributed by atoms with E-state index in [0.717, 1.165) is 20.4 Å². The summed E-state index contributed by atoms with van der Waals surface area (Å²) in [6.45, 7) is 6.12. The molecule has 0 spiro atoms. The van der Waals surface area contributed by atoms with Crippen molar-refractivity contribution in [1.82, 2.24) is 10.2 Å². The highest BCUT2D eigenvalue weighted by Crippen LogP contribution is 2.36. The predicted molar refractivity (Wildman–Crippen MR) is 197 cm³/mol. The van der Waals surface area contributed by atoms with Gasteiger partial charge in [0.15, 0.2) is 0 Å². The number of nitro benzene ring substituents is 1. The van der Waals surface area contributed by atoms with Crippen LogP contribution in [0.2, 0.25) is 5.02 Å². The molecule has 1 N–H and O–H groups in total. The lowest BCUT2D eigenvalue weighted by atomic mass is 10.0. The lowest BCUT2D eigenvalue weighted by molar-refractivity contribution is -0.385. The normalized spacial score (nSPS) is 12.1. The van der Waals surface area contributed by atoms with Gasteiger partial charge in [0.1, 0.15) is 18.3 Å². The summed E-state index contributed by atoms with van der Waals surface area (Å²) in [7, 11) is -3.34. The summed E-state index contributed by atoms with van der Waals surface area (Å²) in [6, 6.07) is 23.1. The highest BCUT2D eigenvalue weighted by Gasteiger charge is 2.37. The van der Waals surface area contributed by atoms with Gasteiger partial charge in [0, 0.05) is 39.6 Å². The molecule has 0 fully saturated rings. The van der Waals surface area contributed by atoms with E-state index in [1.807, 2.05) is 51.1 Å². The monoisotopic (exact) mass is 784 g/mol. The van der Waals surface area contributed by atoms with Crippen LogP contribution in [-0.4, -0.2) is 55.3 Å². The highest BCUT2D eigenvalue weighted by atomic mass is 79.9. The Morgan fingerprint density at radius 3 is 2.24 bits per heavy atom. The van der Waals surface area contributed by atoms with Crippen molar-refractivity contribution in [2.45, 2.75) is 57.1 Å². The van der Waals surface area contributed by atoms with E-state index in [9.17, 15) is 28.1 Å². The number of aryl methyl sites for hydroxylation is 1. The molecule has 4 rings (SSSR count). The van der Waals surface area contributed by atoms with Crippen LogP contribution in [0.25, 0.3) is 0 Å². The Morgan fingerprint density at radius 2 is 1.64 bits per heavy atom. The van der Waals surface area contributed by atoms with E-state index in [4.69, 9.17) is 16.3 Å². The number of nitro groups is 1. The minimum atomic E-state index is -4.68. The standard InChI is InChI=1S/C36H38BrClN4O7S/c1-24-11-17-29(21-30(24)42(45)46)50(47,48)41(31-20-28(38)16-18-33(31)49-5)23-34(43)40(22-26-12-14-27(37)15-13-26)32(35(44)39-36(2,3)4)19-25-9-7-6-8-10-25/h6-18,20-21,32H,19,22-23H2,1-5H3,(H,39,44). The number of amides is 2. The van der Waals surface area contributed by atoms with Crippen LogP contribution < -0.4 is 14.4 Å². The van der Waals surface area contributed by atoms with Gasteiger partial charge < -0.3 is 15.0 Å². The molecule has 0 heterocycles. The van der Waals surface area contributed by atoms with Gasteiger partial charge in [-0.3, -0.25) is 24.0 Å². The topological polar surface area (TPSA) is 139 Å². The molecule has 264 valence electrons. The molecule has 0 aliphatic carbocycles. The lowest BCUT2D eigenvalue weighted by Gasteiger charge is -2.35. The molecule has 4 aromatic carbocycles.